The molecule has 98 valence electrons. The fourth-order valence-electron chi connectivity index (χ4n) is 2.61. The van der Waals surface area contributed by atoms with E-state index in [-0.39, 0.29) is 5.91 Å². The van der Waals surface area contributed by atoms with Crippen LogP contribution in [0.2, 0.25) is 0 Å². The average Bonchev–Trinajstić information content (AvgIpc) is 2.42. The van der Waals surface area contributed by atoms with E-state index in [1.54, 1.807) is 0 Å². The molecule has 3 nitrogen and oxygen atoms in total. The van der Waals surface area contributed by atoms with E-state index >= 15 is 0 Å². The molecule has 1 atom stereocenters. The number of piperidine rings is 1. The monoisotopic (exact) mass is 246 g/mol. The van der Waals surface area contributed by atoms with Crippen molar-refractivity contribution in [1.29, 1.82) is 0 Å². The number of carbonyl (C=O) groups is 1. The summed E-state index contributed by atoms with van der Waals surface area (Å²) in [5.74, 6) is 0.248. The second-order valence-corrected chi connectivity index (χ2v) is 4.84. The Labute approximate surface area is 109 Å². The number of amides is 1. The zero-order chi connectivity index (χ0) is 12.8. The minimum absolute atomic E-state index is 0.248. The first kappa shape index (κ1) is 13.1. The Morgan fingerprint density at radius 2 is 2.17 bits per heavy atom. The number of nitrogens with zero attached hydrogens (tertiary/aromatic N) is 1. The average molecular weight is 246 g/mol. The van der Waals surface area contributed by atoms with Crippen molar-refractivity contribution in [2.24, 2.45) is 0 Å². The summed E-state index contributed by atoms with van der Waals surface area (Å²) in [5.41, 5.74) is 1.10. The minimum atomic E-state index is 0.248. The first-order chi connectivity index (χ1) is 8.81. The molecule has 1 fully saturated rings. The summed E-state index contributed by atoms with van der Waals surface area (Å²) in [5, 5.41) is 3.37. The smallest absolute Gasteiger partial charge is 0.227 e. The number of rotatable bonds is 4. The molecule has 1 aliphatic rings. The molecule has 18 heavy (non-hydrogen) atoms. The summed E-state index contributed by atoms with van der Waals surface area (Å²) in [4.78, 5) is 14.4. The van der Waals surface area contributed by atoms with Crippen LogP contribution in [0.25, 0.3) is 0 Å². The first-order valence-electron chi connectivity index (χ1n) is 6.85. The van der Waals surface area contributed by atoms with Crippen molar-refractivity contribution in [2.75, 3.05) is 19.6 Å². The number of hydrogen-bond donors (Lipinski definition) is 1. The summed E-state index contributed by atoms with van der Waals surface area (Å²) in [6.45, 7) is 4.89. The molecule has 1 aliphatic heterocycles. The van der Waals surface area contributed by atoms with Crippen molar-refractivity contribution >= 4 is 5.91 Å². The normalized spacial score (nSPS) is 19.5. The van der Waals surface area contributed by atoms with Crippen LogP contribution in [0.1, 0.15) is 25.3 Å². The number of carbonyl (C=O) groups excluding carboxylic acids is 1. The SMILES string of the molecule is CCN(C(=O)Cc1ccccc1)C1CCCNC1. The molecule has 0 aromatic heterocycles. The van der Waals surface area contributed by atoms with E-state index in [9.17, 15) is 4.79 Å². The van der Waals surface area contributed by atoms with E-state index in [4.69, 9.17) is 0 Å². The summed E-state index contributed by atoms with van der Waals surface area (Å²) < 4.78 is 0. The molecule has 1 aromatic carbocycles. The van der Waals surface area contributed by atoms with Crippen LogP contribution in [0.5, 0.6) is 0 Å². The van der Waals surface area contributed by atoms with Gasteiger partial charge in [-0.1, -0.05) is 30.3 Å². The summed E-state index contributed by atoms with van der Waals surface area (Å²) in [6, 6.07) is 10.4. The van der Waals surface area contributed by atoms with E-state index in [0.717, 1.165) is 31.6 Å². The lowest BCUT2D eigenvalue weighted by molar-refractivity contribution is -0.132. The molecule has 0 saturated carbocycles. The van der Waals surface area contributed by atoms with Gasteiger partial charge in [0.1, 0.15) is 0 Å². The zero-order valence-corrected chi connectivity index (χ0v) is 11.1. The van der Waals surface area contributed by atoms with Crippen molar-refractivity contribution in [1.82, 2.24) is 10.2 Å². The maximum absolute atomic E-state index is 12.3. The molecule has 0 aliphatic carbocycles. The summed E-state index contributed by atoms with van der Waals surface area (Å²) >= 11 is 0. The summed E-state index contributed by atoms with van der Waals surface area (Å²) in [7, 11) is 0. The Bertz CT molecular complexity index is 371. The largest absolute Gasteiger partial charge is 0.338 e. The highest BCUT2D eigenvalue weighted by Gasteiger charge is 2.23. The molecule has 2 rings (SSSR count). The number of hydrogen-bond acceptors (Lipinski definition) is 2. The molecular weight excluding hydrogens is 224 g/mol. The predicted molar refractivity (Wildman–Crippen MR) is 73.4 cm³/mol. The van der Waals surface area contributed by atoms with Crippen LogP contribution in [0.4, 0.5) is 0 Å². The quantitative estimate of drug-likeness (QED) is 0.879. The molecule has 0 bridgehead atoms. The molecular formula is C15H22N2O. The topological polar surface area (TPSA) is 32.3 Å². The standard InChI is InChI=1S/C15H22N2O/c1-2-17(14-9-6-10-16-12-14)15(18)11-13-7-4-3-5-8-13/h3-5,7-8,14,16H,2,6,9-12H2,1H3. The highest BCUT2D eigenvalue weighted by Crippen LogP contribution is 2.12. The van der Waals surface area contributed by atoms with Gasteiger partial charge in [0.25, 0.3) is 0 Å². The van der Waals surface area contributed by atoms with Crippen molar-refractivity contribution in [2.45, 2.75) is 32.2 Å². The Morgan fingerprint density at radius 1 is 1.39 bits per heavy atom. The lowest BCUT2D eigenvalue weighted by Gasteiger charge is -2.34. The van der Waals surface area contributed by atoms with Gasteiger partial charge < -0.3 is 10.2 Å². The van der Waals surface area contributed by atoms with Crippen LogP contribution in [0.15, 0.2) is 30.3 Å². The maximum Gasteiger partial charge on any atom is 0.227 e. The molecule has 1 unspecified atom stereocenters. The van der Waals surface area contributed by atoms with Gasteiger partial charge in [-0.2, -0.15) is 0 Å². The zero-order valence-electron chi connectivity index (χ0n) is 11.1. The van der Waals surface area contributed by atoms with E-state index < -0.39 is 0 Å². The van der Waals surface area contributed by atoms with Crippen LogP contribution in [-0.2, 0) is 11.2 Å². The third-order valence-corrected chi connectivity index (χ3v) is 3.57. The second-order valence-electron chi connectivity index (χ2n) is 4.84. The van der Waals surface area contributed by atoms with Crippen LogP contribution < -0.4 is 5.32 Å². The maximum atomic E-state index is 12.3. The van der Waals surface area contributed by atoms with Crippen molar-refractivity contribution in [3.05, 3.63) is 35.9 Å². The lowest BCUT2D eigenvalue weighted by Crippen LogP contribution is -2.49. The van der Waals surface area contributed by atoms with E-state index in [2.05, 4.69) is 12.2 Å². The van der Waals surface area contributed by atoms with Gasteiger partial charge >= 0.3 is 0 Å². The van der Waals surface area contributed by atoms with Gasteiger partial charge in [0.2, 0.25) is 5.91 Å². The fourth-order valence-corrected chi connectivity index (χ4v) is 2.61. The first-order valence-corrected chi connectivity index (χ1v) is 6.85. The Hall–Kier alpha value is -1.35. The van der Waals surface area contributed by atoms with Gasteiger partial charge in [-0.3, -0.25) is 4.79 Å². The number of benzene rings is 1. The van der Waals surface area contributed by atoms with E-state index in [1.807, 2.05) is 35.2 Å². The highest BCUT2D eigenvalue weighted by atomic mass is 16.2. The van der Waals surface area contributed by atoms with Crippen molar-refractivity contribution < 1.29 is 4.79 Å². The predicted octanol–water partition coefficient (Wildman–Crippen LogP) is 1.83. The van der Waals surface area contributed by atoms with Crippen LogP contribution in [0, 0.1) is 0 Å². The molecule has 0 radical (unpaired) electrons. The second kappa shape index (κ2) is 6.55. The van der Waals surface area contributed by atoms with Gasteiger partial charge in [0.05, 0.1) is 6.42 Å². The van der Waals surface area contributed by atoms with Crippen LogP contribution in [0.3, 0.4) is 0 Å². The highest BCUT2D eigenvalue weighted by molar-refractivity contribution is 5.79. The Balaban J connectivity index is 1.96. The molecule has 3 heteroatoms. The Kier molecular flexibility index (Phi) is 4.76. The van der Waals surface area contributed by atoms with Gasteiger partial charge in [-0.15, -0.1) is 0 Å². The lowest BCUT2D eigenvalue weighted by atomic mass is 10.0. The number of likely N-dealkylation sites (N-methyl/N-ethyl adjacent to an activating group) is 1. The third-order valence-electron chi connectivity index (χ3n) is 3.57. The van der Waals surface area contributed by atoms with Crippen LogP contribution >= 0.6 is 0 Å². The van der Waals surface area contributed by atoms with Crippen molar-refractivity contribution in [3.63, 3.8) is 0 Å². The van der Waals surface area contributed by atoms with Gasteiger partial charge in [0.15, 0.2) is 0 Å². The van der Waals surface area contributed by atoms with Crippen LogP contribution in [-0.4, -0.2) is 36.5 Å². The molecule has 1 heterocycles. The molecule has 1 saturated heterocycles. The fraction of sp³-hybridized carbons (Fsp3) is 0.533. The molecule has 1 aromatic rings. The van der Waals surface area contributed by atoms with Crippen molar-refractivity contribution in [3.8, 4) is 0 Å². The molecule has 1 N–H and O–H groups in total. The number of nitrogens with one attached hydrogen (secondary N) is 1. The van der Waals surface area contributed by atoms with E-state index in [1.165, 1.54) is 6.42 Å². The van der Waals surface area contributed by atoms with Gasteiger partial charge in [0, 0.05) is 19.1 Å². The summed E-state index contributed by atoms with van der Waals surface area (Å²) in [6.07, 6.45) is 2.81. The van der Waals surface area contributed by atoms with E-state index in [0.29, 0.717) is 12.5 Å². The Morgan fingerprint density at radius 3 is 2.78 bits per heavy atom. The van der Waals surface area contributed by atoms with Gasteiger partial charge in [-0.25, -0.2) is 0 Å². The molecule has 1 amide bonds. The molecule has 0 spiro atoms. The third kappa shape index (κ3) is 3.33. The minimum Gasteiger partial charge on any atom is -0.338 e. The van der Waals surface area contributed by atoms with Gasteiger partial charge in [-0.05, 0) is 31.9 Å².